The van der Waals surface area contributed by atoms with Gasteiger partial charge in [0.1, 0.15) is 0 Å². The summed E-state index contributed by atoms with van der Waals surface area (Å²) in [5.41, 5.74) is 19.3. The molecular formula is C60H38N2S. The Hall–Kier alpha value is -7.85. The van der Waals surface area contributed by atoms with Gasteiger partial charge >= 0.3 is 0 Å². The molecule has 9 aromatic carbocycles. The molecule has 0 amide bonds. The molecule has 0 unspecified atom stereocenters. The van der Waals surface area contributed by atoms with E-state index < -0.39 is 5.41 Å². The van der Waals surface area contributed by atoms with Gasteiger partial charge in [-0.15, -0.1) is 11.3 Å². The van der Waals surface area contributed by atoms with E-state index in [9.17, 15) is 0 Å². The maximum Gasteiger partial charge on any atom is 0.0754 e. The topological polar surface area (TPSA) is 16.1 Å². The van der Waals surface area contributed by atoms with Crippen molar-refractivity contribution in [1.29, 1.82) is 0 Å². The van der Waals surface area contributed by atoms with Crippen molar-refractivity contribution in [2.75, 3.05) is 4.90 Å². The Morgan fingerprint density at radius 1 is 0.349 bits per heavy atom. The summed E-state index contributed by atoms with van der Waals surface area (Å²) in [6.45, 7) is 0. The van der Waals surface area contributed by atoms with Gasteiger partial charge in [-0.05, 0) is 116 Å². The zero-order chi connectivity index (χ0) is 41.5. The molecule has 2 nitrogen and oxygen atoms in total. The van der Waals surface area contributed by atoms with Crippen LogP contribution in [0, 0.1) is 0 Å². The first-order chi connectivity index (χ1) is 31.2. The van der Waals surface area contributed by atoms with Crippen molar-refractivity contribution in [1.82, 2.24) is 4.98 Å². The van der Waals surface area contributed by atoms with Crippen LogP contribution in [0.4, 0.5) is 17.1 Å². The SMILES string of the molecule is c1ccc(-c2cc(-c3ccccc3)nc(-c3cccc4c3-c3cc(-c5ccc6sc7ccccc7c6c5)ccc3C43c4ccccc4N(c4ccccc4)c4ccccc43)c2)cc1. The monoisotopic (exact) mass is 818 g/mol. The van der Waals surface area contributed by atoms with Crippen LogP contribution in [0.3, 0.4) is 0 Å². The van der Waals surface area contributed by atoms with Crippen LogP contribution in [0.2, 0.25) is 0 Å². The second kappa shape index (κ2) is 14.1. The molecule has 294 valence electrons. The lowest BCUT2D eigenvalue weighted by molar-refractivity contribution is 0.753. The first kappa shape index (κ1) is 35.9. The predicted molar refractivity (Wildman–Crippen MR) is 264 cm³/mol. The molecule has 3 heteroatoms. The van der Waals surface area contributed by atoms with Gasteiger partial charge in [0.25, 0.3) is 0 Å². The zero-order valence-electron chi connectivity index (χ0n) is 34.2. The number of para-hydroxylation sites is 3. The third-order valence-electron chi connectivity index (χ3n) is 13.3. The molecule has 2 aliphatic rings. The normalized spacial score (nSPS) is 13.2. The fourth-order valence-corrected chi connectivity index (χ4v) is 11.7. The summed E-state index contributed by atoms with van der Waals surface area (Å²) >= 11 is 1.86. The lowest BCUT2D eigenvalue weighted by Gasteiger charge is -2.45. The van der Waals surface area contributed by atoms with E-state index in [2.05, 4.69) is 235 Å². The molecule has 1 aliphatic heterocycles. The molecule has 0 atom stereocenters. The molecule has 11 aromatic rings. The minimum absolute atomic E-state index is 0.607. The number of benzene rings is 9. The van der Waals surface area contributed by atoms with Crippen molar-refractivity contribution in [3.8, 4) is 55.9 Å². The summed E-state index contributed by atoms with van der Waals surface area (Å²) in [5.74, 6) is 0. The molecule has 0 saturated heterocycles. The molecule has 1 aliphatic carbocycles. The number of nitrogens with zero attached hydrogens (tertiary/aromatic N) is 2. The van der Waals surface area contributed by atoms with Crippen LogP contribution >= 0.6 is 11.3 Å². The minimum Gasteiger partial charge on any atom is -0.310 e. The van der Waals surface area contributed by atoms with Crippen LogP contribution in [0.5, 0.6) is 0 Å². The van der Waals surface area contributed by atoms with Gasteiger partial charge in [0.05, 0.1) is 28.2 Å². The van der Waals surface area contributed by atoms with Crippen molar-refractivity contribution in [2.24, 2.45) is 0 Å². The highest BCUT2D eigenvalue weighted by Gasteiger charge is 2.52. The average molecular weight is 819 g/mol. The summed E-state index contributed by atoms with van der Waals surface area (Å²) in [7, 11) is 0. The number of pyridine rings is 1. The van der Waals surface area contributed by atoms with Gasteiger partial charge in [0.2, 0.25) is 0 Å². The Labute approximate surface area is 370 Å². The summed E-state index contributed by atoms with van der Waals surface area (Å²) in [5, 5.41) is 2.61. The quantitative estimate of drug-likeness (QED) is 0.172. The van der Waals surface area contributed by atoms with Gasteiger partial charge in [-0.2, -0.15) is 0 Å². The largest absolute Gasteiger partial charge is 0.310 e. The number of fused-ring (bicyclic) bond motifs is 12. The molecule has 0 saturated carbocycles. The number of hydrogen-bond donors (Lipinski definition) is 0. The van der Waals surface area contributed by atoms with Crippen molar-refractivity contribution in [2.45, 2.75) is 5.41 Å². The maximum absolute atomic E-state index is 5.55. The number of anilines is 3. The van der Waals surface area contributed by atoms with E-state index in [1.54, 1.807) is 0 Å². The van der Waals surface area contributed by atoms with Crippen LogP contribution in [-0.4, -0.2) is 4.98 Å². The van der Waals surface area contributed by atoms with Crippen LogP contribution in [0.1, 0.15) is 22.3 Å². The van der Waals surface area contributed by atoms with Gasteiger partial charge in [-0.25, -0.2) is 4.98 Å². The van der Waals surface area contributed by atoms with Crippen LogP contribution in [0.15, 0.2) is 231 Å². The van der Waals surface area contributed by atoms with Gasteiger partial charge in [0, 0.05) is 37.0 Å². The number of thiophene rings is 1. The smallest absolute Gasteiger partial charge is 0.0754 e. The Kier molecular flexibility index (Phi) is 8.03. The lowest BCUT2D eigenvalue weighted by atomic mass is 9.64. The molecule has 2 aromatic heterocycles. The third-order valence-corrected chi connectivity index (χ3v) is 14.4. The standard InChI is InChI=1S/C60H38N2S/c1-4-17-39(18-5-1)43-37-53(40-19-6-2-7-20-40)61-54(38-43)46-24-16-27-52-59(46)48-36-41(42-32-34-58-47(35-42)45-23-10-15-30-57(45)63-58)31-33-49(48)60(52)50-25-11-13-28-55(50)62(44-21-8-3-9-22-44)56-29-14-12-26-51(56)60/h1-38H. The van der Waals surface area contributed by atoms with E-state index in [-0.39, 0.29) is 0 Å². The summed E-state index contributed by atoms with van der Waals surface area (Å²) < 4.78 is 2.63. The molecule has 13 rings (SSSR count). The summed E-state index contributed by atoms with van der Waals surface area (Å²) in [6, 6.07) is 84.7. The molecule has 0 fully saturated rings. The number of rotatable bonds is 5. The van der Waals surface area contributed by atoms with E-state index in [0.29, 0.717) is 0 Å². The van der Waals surface area contributed by atoms with Crippen molar-refractivity contribution in [3.63, 3.8) is 0 Å². The molecule has 0 bridgehead atoms. The van der Waals surface area contributed by atoms with Gasteiger partial charge < -0.3 is 4.90 Å². The van der Waals surface area contributed by atoms with Crippen LogP contribution < -0.4 is 4.90 Å². The summed E-state index contributed by atoms with van der Waals surface area (Å²) in [6.07, 6.45) is 0. The van der Waals surface area contributed by atoms with E-state index in [1.165, 1.54) is 76.1 Å². The molecule has 63 heavy (non-hydrogen) atoms. The van der Waals surface area contributed by atoms with Gasteiger partial charge in [-0.3, -0.25) is 0 Å². The van der Waals surface area contributed by atoms with E-state index in [4.69, 9.17) is 4.98 Å². The zero-order valence-corrected chi connectivity index (χ0v) is 35.1. The Morgan fingerprint density at radius 2 is 0.937 bits per heavy atom. The second-order valence-electron chi connectivity index (χ2n) is 16.6. The predicted octanol–water partition coefficient (Wildman–Crippen LogP) is 16.3. The van der Waals surface area contributed by atoms with E-state index in [1.807, 2.05) is 11.3 Å². The second-order valence-corrected chi connectivity index (χ2v) is 17.7. The van der Waals surface area contributed by atoms with Crippen molar-refractivity contribution in [3.05, 3.63) is 253 Å². The Bertz CT molecular complexity index is 3470. The van der Waals surface area contributed by atoms with Crippen LogP contribution in [0.25, 0.3) is 76.1 Å². The number of hydrogen-bond acceptors (Lipinski definition) is 3. The Morgan fingerprint density at radius 3 is 1.70 bits per heavy atom. The molecule has 0 radical (unpaired) electrons. The molecule has 3 heterocycles. The Balaban J connectivity index is 1.12. The lowest BCUT2D eigenvalue weighted by Crippen LogP contribution is -2.36. The molecule has 0 N–H and O–H groups in total. The number of aromatic nitrogens is 1. The third kappa shape index (κ3) is 5.40. The average Bonchev–Trinajstić information content (AvgIpc) is 3.88. The van der Waals surface area contributed by atoms with Crippen molar-refractivity contribution >= 4 is 48.6 Å². The minimum atomic E-state index is -0.607. The van der Waals surface area contributed by atoms with Crippen molar-refractivity contribution < 1.29 is 0 Å². The highest BCUT2D eigenvalue weighted by molar-refractivity contribution is 7.25. The maximum atomic E-state index is 5.55. The highest BCUT2D eigenvalue weighted by atomic mass is 32.1. The summed E-state index contributed by atoms with van der Waals surface area (Å²) in [4.78, 5) is 8.00. The van der Waals surface area contributed by atoms with E-state index in [0.717, 1.165) is 39.3 Å². The first-order valence-electron chi connectivity index (χ1n) is 21.6. The molecular weight excluding hydrogens is 781 g/mol. The van der Waals surface area contributed by atoms with E-state index >= 15 is 0 Å². The van der Waals surface area contributed by atoms with Crippen LogP contribution in [-0.2, 0) is 5.41 Å². The fraction of sp³-hybridized carbons (Fsp3) is 0.0167. The molecule has 1 spiro atoms. The van der Waals surface area contributed by atoms with Gasteiger partial charge in [0.15, 0.2) is 0 Å². The first-order valence-corrected chi connectivity index (χ1v) is 22.4. The van der Waals surface area contributed by atoms with Gasteiger partial charge in [-0.1, -0.05) is 170 Å². The fourth-order valence-electron chi connectivity index (χ4n) is 10.6. The highest BCUT2D eigenvalue weighted by Crippen LogP contribution is 2.65.